The van der Waals surface area contributed by atoms with E-state index in [0.717, 1.165) is 61.3 Å². The lowest BCUT2D eigenvalue weighted by molar-refractivity contribution is 0.677. The normalized spacial score (nSPS) is 13.7. The Hall–Kier alpha value is -6.72. The number of allylic oxidation sites excluding steroid dienone is 1. The van der Waals surface area contributed by atoms with E-state index in [4.69, 9.17) is 9.97 Å². The lowest BCUT2D eigenvalue weighted by Crippen LogP contribution is -2.16. The van der Waals surface area contributed by atoms with Crippen LogP contribution in [0.5, 0.6) is 0 Å². The summed E-state index contributed by atoms with van der Waals surface area (Å²) in [6.07, 6.45) is 6.63. The third-order valence-corrected chi connectivity index (χ3v) is 10.9. The van der Waals surface area contributed by atoms with E-state index in [0.29, 0.717) is 5.95 Å². The van der Waals surface area contributed by atoms with Gasteiger partial charge in [-0.3, -0.25) is 4.57 Å². The van der Waals surface area contributed by atoms with Gasteiger partial charge in [0.25, 0.3) is 0 Å². The predicted octanol–water partition coefficient (Wildman–Crippen LogP) is 11.6. The van der Waals surface area contributed by atoms with E-state index in [2.05, 4.69) is 191 Å². The zero-order valence-electron chi connectivity index (χ0n) is 28.8. The van der Waals surface area contributed by atoms with Gasteiger partial charge in [-0.15, -0.1) is 0 Å². The molecule has 0 atom stereocenters. The standard InChI is InChI=1S/C47H33N5/c1-47(2)28-26-38-42(47)43(37-21-13-20-34-32-18-9-11-22-40(32)51(45(34)37)31-16-7-4-8-17-31)49-46(48-38)52-41-23-12-10-19-33(41)35-24-25-39-36(44(35)52)27-29-50(39)30-14-5-3-6-15-30/h3-29H,1-2H3. The molecule has 1 aliphatic rings. The molecular formula is C47H33N5. The van der Waals surface area contributed by atoms with Crippen molar-refractivity contribution in [2.24, 2.45) is 0 Å². The van der Waals surface area contributed by atoms with Crippen molar-refractivity contribution in [3.63, 3.8) is 0 Å². The van der Waals surface area contributed by atoms with Crippen LogP contribution in [0.15, 0.2) is 158 Å². The molecule has 0 saturated heterocycles. The van der Waals surface area contributed by atoms with Gasteiger partial charge in [-0.1, -0.05) is 117 Å². The van der Waals surface area contributed by atoms with Crippen LogP contribution in [0.2, 0.25) is 0 Å². The Bertz CT molecular complexity index is 3080. The SMILES string of the molecule is CC1(C)C=Cc2nc(-n3c4ccccc4c4ccc5c(ccn5-c5ccccc5)c43)nc(-c3cccc4c5ccccc5n(-c5ccccc5)c34)c21. The third kappa shape index (κ3) is 3.99. The Morgan fingerprint density at radius 3 is 1.87 bits per heavy atom. The number of para-hydroxylation sites is 5. The van der Waals surface area contributed by atoms with Crippen LogP contribution in [0.3, 0.4) is 0 Å². The van der Waals surface area contributed by atoms with Crippen molar-refractivity contribution in [1.82, 2.24) is 23.7 Å². The van der Waals surface area contributed by atoms with Gasteiger partial charge in [0.1, 0.15) is 0 Å². The molecule has 11 rings (SSSR count). The van der Waals surface area contributed by atoms with E-state index < -0.39 is 0 Å². The summed E-state index contributed by atoms with van der Waals surface area (Å²) in [6, 6.07) is 52.0. The monoisotopic (exact) mass is 667 g/mol. The van der Waals surface area contributed by atoms with E-state index in [1.54, 1.807) is 0 Å². The van der Waals surface area contributed by atoms with Gasteiger partial charge >= 0.3 is 0 Å². The predicted molar refractivity (Wildman–Crippen MR) is 215 cm³/mol. The molecule has 1 aliphatic carbocycles. The average molecular weight is 668 g/mol. The van der Waals surface area contributed by atoms with Crippen molar-refractivity contribution >= 4 is 60.6 Å². The maximum Gasteiger partial charge on any atom is 0.235 e. The van der Waals surface area contributed by atoms with E-state index in [1.165, 1.54) is 27.1 Å². The number of fused-ring (bicyclic) bond motifs is 9. The number of benzene rings is 6. The van der Waals surface area contributed by atoms with Crippen LogP contribution in [0.4, 0.5) is 0 Å². The summed E-state index contributed by atoms with van der Waals surface area (Å²) >= 11 is 0. The van der Waals surface area contributed by atoms with Crippen LogP contribution in [0.1, 0.15) is 25.1 Å². The molecule has 4 heterocycles. The second-order valence-corrected chi connectivity index (χ2v) is 14.3. The van der Waals surface area contributed by atoms with Gasteiger partial charge in [0.05, 0.1) is 39.0 Å². The second-order valence-electron chi connectivity index (χ2n) is 14.3. The van der Waals surface area contributed by atoms with Gasteiger partial charge in [-0.2, -0.15) is 0 Å². The van der Waals surface area contributed by atoms with Crippen LogP contribution < -0.4 is 0 Å². The third-order valence-electron chi connectivity index (χ3n) is 10.9. The average Bonchev–Trinajstić information content (AvgIpc) is 3.94. The minimum absolute atomic E-state index is 0.254. The Morgan fingerprint density at radius 1 is 0.481 bits per heavy atom. The highest BCUT2D eigenvalue weighted by Gasteiger charge is 2.33. The molecule has 4 aromatic heterocycles. The summed E-state index contributed by atoms with van der Waals surface area (Å²) < 4.78 is 6.96. The number of hydrogen-bond donors (Lipinski definition) is 0. The molecule has 0 amide bonds. The molecule has 52 heavy (non-hydrogen) atoms. The van der Waals surface area contributed by atoms with E-state index in [1.807, 2.05) is 0 Å². The van der Waals surface area contributed by atoms with Gasteiger partial charge in [-0.05, 0) is 54.6 Å². The molecule has 0 N–H and O–H groups in total. The molecule has 0 radical (unpaired) electrons. The summed E-state index contributed by atoms with van der Waals surface area (Å²) in [5.41, 5.74) is 11.8. The molecule has 0 aliphatic heterocycles. The Kier molecular flexibility index (Phi) is 5.95. The van der Waals surface area contributed by atoms with E-state index >= 15 is 0 Å². The van der Waals surface area contributed by atoms with Gasteiger partial charge in [0, 0.05) is 61.0 Å². The summed E-state index contributed by atoms with van der Waals surface area (Å²) in [4.78, 5) is 11.1. The fraction of sp³-hybridized carbons (Fsp3) is 0.0638. The minimum Gasteiger partial charge on any atom is -0.316 e. The first-order chi connectivity index (χ1) is 25.6. The lowest BCUT2D eigenvalue weighted by Gasteiger charge is -2.23. The summed E-state index contributed by atoms with van der Waals surface area (Å²) in [7, 11) is 0. The maximum atomic E-state index is 5.67. The fourth-order valence-electron chi connectivity index (χ4n) is 8.64. The van der Waals surface area contributed by atoms with Gasteiger partial charge in [0.2, 0.25) is 5.95 Å². The van der Waals surface area contributed by atoms with Crippen LogP contribution in [-0.2, 0) is 5.41 Å². The number of hydrogen-bond acceptors (Lipinski definition) is 2. The topological polar surface area (TPSA) is 40.6 Å². The smallest absolute Gasteiger partial charge is 0.235 e. The van der Waals surface area contributed by atoms with Crippen molar-refractivity contribution in [2.75, 3.05) is 0 Å². The van der Waals surface area contributed by atoms with Crippen molar-refractivity contribution < 1.29 is 0 Å². The molecule has 0 bridgehead atoms. The zero-order valence-corrected chi connectivity index (χ0v) is 28.8. The lowest BCUT2D eigenvalue weighted by atomic mass is 9.85. The van der Waals surface area contributed by atoms with Gasteiger partial charge in [-0.25, -0.2) is 9.97 Å². The van der Waals surface area contributed by atoms with Crippen LogP contribution in [-0.4, -0.2) is 23.7 Å². The number of aromatic nitrogens is 5. The fourth-order valence-corrected chi connectivity index (χ4v) is 8.64. The molecule has 246 valence electrons. The van der Waals surface area contributed by atoms with Crippen molar-refractivity contribution in [3.8, 4) is 28.6 Å². The highest BCUT2D eigenvalue weighted by molar-refractivity contribution is 6.18. The van der Waals surface area contributed by atoms with Crippen molar-refractivity contribution in [2.45, 2.75) is 19.3 Å². The Morgan fingerprint density at radius 2 is 1.12 bits per heavy atom. The maximum absolute atomic E-state index is 5.67. The highest BCUT2D eigenvalue weighted by Crippen LogP contribution is 2.45. The quantitative estimate of drug-likeness (QED) is 0.187. The summed E-state index contributed by atoms with van der Waals surface area (Å²) in [6.45, 7) is 4.54. The van der Waals surface area contributed by atoms with Crippen LogP contribution >= 0.6 is 0 Å². The molecule has 10 aromatic rings. The molecule has 5 nitrogen and oxygen atoms in total. The van der Waals surface area contributed by atoms with E-state index in [-0.39, 0.29) is 5.41 Å². The highest BCUT2D eigenvalue weighted by atomic mass is 15.2. The molecule has 5 heteroatoms. The number of rotatable bonds is 4. The molecule has 0 saturated carbocycles. The van der Waals surface area contributed by atoms with Crippen molar-refractivity contribution in [1.29, 1.82) is 0 Å². The Balaban J connectivity index is 1.26. The van der Waals surface area contributed by atoms with E-state index in [9.17, 15) is 0 Å². The second kappa shape index (κ2) is 10.6. The first-order valence-electron chi connectivity index (χ1n) is 17.9. The Labute approximate surface area is 300 Å². The largest absolute Gasteiger partial charge is 0.316 e. The van der Waals surface area contributed by atoms with Gasteiger partial charge in [0.15, 0.2) is 0 Å². The molecular weight excluding hydrogens is 635 g/mol. The van der Waals surface area contributed by atoms with Crippen LogP contribution in [0, 0.1) is 0 Å². The molecule has 0 fully saturated rings. The minimum atomic E-state index is -0.254. The first kappa shape index (κ1) is 29.1. The van der Waals surface area contributed by atoms with Gasteiger partial charge < -0.3 is 9.13 Å². The first-order valence-corrected chi connectivity index (χ1v) is 17.9. The number of nitrogens with zero attached hydrogens (tertiary/aromatic N) is 5. The molecule has 6 aromatic carbocycles. The van der Waals surface area contributed by atoms with Crippen LogP contribution in [0.25, 0.3) is 89.2 Å². The molecule has 0 unspecified atom stereocenters. The van der Waals surface area contributed by atoms with Crippen molar-refractivity contribution in [3.05, 3.63) is 169 Å². The summed E-state index contributed by atoms with van der Waals surface area (Å²) in [5.74, 6) is 0.668. The zero-order chi connectivity index (χ0) is 34.6. The summed E-state index contributed by atoms with van der Waals surface area (Å²) in [5, 5.41) is 5.95. The molecule has 0 spiro atoms.